The molecule has 4 nitrogen and oxygen atoms in total. The Kier molecular flexibility index (Phi) is 4.51. The Bertz CT molecular complexity index is 360. The first-order chi connectivity index (χ1) is 7.65. The van der Waals surface area contributed by atoms with Gasteiger partial charge in [0.25, 0.3) is 0 Å². The molecular formula is C12H16N2O2. The van der Waals surface area contributed by atoms with Crippen LogP contribution in [-0.2, 0) is 4.79 Å². The summed E-state index contributed by atoms with van der Waals surface area (Å²) in [5, 5.41) is 3.19. The molecule has 0 bridgehead atoms. The fourth-order valence-corrected chi connectivity index (χ4v) is 1.43. The third kappa shape index (κ3) is 3.73. The second kappa shape index (κ2) is 5.90. The molecule has 0 aromatic heterocycles. The standard InChI is InChI=1S/C12H16N2O2/c1-2-10(7-12(13)16)14-11-5-3-9(8-15)4-6-11/h3-6,8,10,14H,2,7H2,1H3,(H2,13,16). The molecule has 86 valence electrons. The number of hydrogen-bond donors (Lipinski definition) is 2. The maximum atomic E-state index is 10.8. The number of nitrogens with two attached hydrogens (primary N) is 1. The Balaban J connectivity index is 2.62. The van der Waals surface area contributed by atoms with Crippen molar-refractivity contribution in [1.82, 2.24) is 0 Å². The van der Waals surface area contributed by atoms with Gasteiger partial charge in [0.2, 0.25) is 5.91 Å². The van der Waals surface area contributed by atoms with Crippen molar-refractivity contribution in [2.75, 3.05) is 5.32 Å². The molecule has 1 aromatic rings. The van der Waals surface area contributed by atoms with Gasteiger partial charge in [-0.25, -0.2) is 0 Å². The van der Waals surface area contributed by atoms with E-state index in [9.17, 15) is 9.59 Å². The van der Waals surface area contributed by atoms with Gasteiger partial charge >= 0.3 is 0 Å². The van der Waals surface area contributed by atoms with E-state index in [4.69, 9.17) is 5.73 Å². The van der Waals surface area contributed by atoms with Gasteiger partial charge in [0, 0.05) is 23.7 Å². The van der Waals surface area contributed by atoms with E-state index in [0.717, 1.165) is 18.4 Å². The summed E-state index contributed by atoms with van der Waals surface area (Å²) in [6.07, 6.45) is 1.93. The largest absolute Gasteiger partial charge is 0.382 e. The minimum absolute atomic E-state index is 0.0413. The highest BCUT2D eigenvalue weighted by Gasteiger charge is 2.08. The highest BCUT2D eigenvalue weighted by Crippen LogP contribution is 2.12. The second-order valence-electron chi connectivity index (χ2n) is 3.66. The number of carbonyl (C=O) groups is 2. The molecule has 1 unspecified atom stereocenters. The molecule has 1 rings (SSSR count). The van der Waals surface area contributed by atoms with Crippen molar-refractivity contribution in [1.29, 1.82) is 0 Å². The van der Waals surface area contributed by atoms with Crippen LogP contribution in [-0.4, -0.2) is 18.2 Å². The molecular weight excluding hydrogens is 204 g/mol. The molecule has 1 atom stereocenters. The van der Waals surface area contributed by atoms with Gasteiger partial charge in [-0.05, 0) is 30.7 Å². The van der Waals surface area contributed by atoms with Gasteiger partial charge in [-0.2, -0.15) is 0 Å². The van der Waals surface area contributed by atoms with Crippen molar-refractivity contribution in [2.24, 2.45) is 5.73 Å². The highest BCUT2D eigenvalue weighted by atomic mass is 16.1. The maximum Gasteiger partial charge on any atom is 0.219 e. The number of hydrogen-bond acceptors (Lipinski definition) is 3. The zero-order valence-corrected chi connectivity index (χ0v) is 9.27. The first kappa shape index (κ1) is 12.2. The Morgan fingerprint density at radius 3 is 2.50 bits per heavy atom. The molecule has 1 amide bonds. The topological polar surface area (TPSA) is 72.2 Å². The average Bonchev–Trinajstić information content (AvgIpc) is 2.28. The number of anilines is 1. The minimum atomic E-state index is -0.316. The third-order valence-electron chi connectivity index (χ3n) is 2.36. The number of amides is 1. The molecule has 0 saturated heterocycles. The van der Waals surface area contributed by atoms with Gasteiger partial charge in [-0.15, -0.1) is 0 Å². The van der Waals surface area contributed by atoms with E-state index in [2.05, 4.69) is 5.32 Å². The molecule has 0 heterocycles. The lowest BCUT2D eigenvalue weighted by molar-refractivity contribution is -0.118. The van der Waals surface area contributed by atoms with Crippen molar-refractivity contribution >= 4 is 17.9 Å². The van der Waals surface area contributed by atoms with Crippen molar-refractivity contribution in [3.05, 3.63) is 29.8 Å². The molecule has 0 aliphatic carbocycles. The van der Waals surface area contributed by atoms with Crippen LogP contribution in [0.5, 0.6) is 0 Å². The summed E-state index contributed by atoms with van der Waals surface area (Å²) in [4.78, 5) is 21.3. The number of aldehydes is 1. The average molecular weight is 220 g/mol. The predicted octanol–water partition coefficient (Wildman–Crippen LogP) is 1.56. The number of nitrogens with one attached hydrogen (secondary N) is 1. The van der Waals surface area contributed by atoms with Crippen LogP contribution in [0, 0.1) is 0 Å². The fraction of sp³-hybridized carbons (Fsp3) is 0.333. The predicted molar refractivity (Wildman–Crippen MR) is 63.3 cm³/mol. The highest BCUT2D eigenvalue weighted by molar-refractivity contribution is 5.76. The zero-order chi connectivity index (χ0) is 12.0. The zero-order valence-electron chi connectivity index (χ0n) is 9.27. The van der Waals surface area contributed by atoms with Crippen LogP contribution < -0.4 is 11.1 Å². The quantitative estimate of drug-likeness (QED) is 0.715. The lowest BCUT2D eigenvalue weighted by Gasteiger charge is -2.16. The monoisotopic (exact) mass is 220 g/mol. The number of carbonyl (C=O) groups excluding carboxylic acids is 2. The van der Waals surface area contributed by atoms with Crippen molar-refractivity contribution in [3.63, 3.8) is 0 Å². The van der Waals surface area contributed by atoms with Crippen LogP contribution in [0.25, 0.3) is 0 Å². The van der Waals surface area contributed by atoms with Gasteiger partial charge in [0.15, 0.2) is 0 Å². The van der Waals surface area contributed by atoms with Crippen LogP contribution in [0.1, 0.15) is 30.1 Å². The first-order valence-corrected chi connectivity index (χ1v) is 5.25. The third-order valence-corrected chi connectivity index (χ3v) is 2.36. The molecule has 3 N–H and O–H groups in total. The second-order valence-corrected chi connectivity index (χ2v) is 3.66. The van der Waals surface area contributed by atoms with E-state index in [-0.39, 0.29) is 11.9 Å². The molecule has 0 aliphatic rings. The van der Waals surface area contributed by atoms with Crippen molar-refractivity contribution in [2.45, 2.75) is 25.8 Å². The number of rotatable bonds is 6. The van der Waals surface area contributed by atoms with Crippen LogP contribution >= 0.6 is 0 Å². The summed E-state index contributed by atoms with van der Waals surface area (Å²) in [7, 11) is 0. The SMILES string of the molecule is CCC(CC(N)=O)Nc1ccc(C=O)cc1. The Hall–Kier alpha value is -1.84. The lowest BCUT2D eigenvalue weighted by Crippen LogP contribution is -2.26. The van der Waals surface area contributed by atoms with Crippen LogP contribution in [0.2, 0.25) is 0 Å². The summed E-state index contributed by atoms with van der Waals surface area (Å²) in [5.74, 6) is -0.316. The molecule has 4 heteroatoms. The number of benzene rings is 1. The first-order valence-electron chi connectivity index (χ1n) is 5.25. The van der Waals surface area contributed by atoms with Gasteiger partial charge in [0.1, 0.15) is 6.29 Å². The molecule has 0 aliphatic heterocycles. The number of primary amides is 1. The van der Waals surface area contributed by atoms with Gasteiger partial charge in [-0.3, -0.25) is 9.59 Å². The van der Waals surface area contributed by atoms with Gasteiger partial charge < -0.3 is 11.1 Å². The summed E-state index contributed by atoms with van der Waals surface area (Å²) in [6, 6.07) is 7.12. The lowest BCUT2D eigenvalue weighted by atomic mass is 10.1. The van der Waals surface area contributed by atoms with Crippen molar-refractivity contribution < 1.29 is 9.59 Å². The van der Waals surface area contributed by atoms with Gasteiger partial charge in [-0.1, -0.05) is 6.92 Å². The minimum Gasteiger partial charge on any atom is -0.382 e. The Labute approximate surface area is 94.8 Å². The molecule has 0 fully saturated rings. The van der Waals surface area contributed by atoms with E-state index in [1.165, 1.54) is 0 Å². The maximum absolute atomic E-state index is 10.8. The van der Waals surface area contributed by atoms with Crippen LogP contribution in [0.4, 0.5) is 5.69 Å². The molecule has 0 spiro atoms. The summed E-state index contributed by atoms with van der Waals surface area (Å²) >= 11 is 0. The van der Waals surface area contributed by atoms with E-state index in [0.29, 0.717) is 12.0 Å². The Morgan fingerprint density at radius 1 is 1.44 bits per heavy atom. The molecule has 1 aromatic carbocycles. The van der Waals surface area contributed by atoms with E-state index < -0.39 is 0 Å². The smallest absolute Gasteiger partial charge is 0.219 e. The summed E-state index contributed by atoms with van der Waals surface area (Å²) in [5.41, 5.74) is 6.66. The summed E-state index contributed by atoms with van der Waals surface area (Å²) < 4.78 is 0. The Morgan fingerprint density at radius 2 is 2.06 bits per heavy atom. The van der Waals surface area contributed by atoms with Crippen molar-refractivity contribution in [3.8, 4) is 0 Å². The van der Waals surface area contributed by atoms with E-state index in [1.54, 1.807) is 12.1 Å². The van der Waals surface area contributed by atoms with E-state index in [1.807, 2.05) is 19.1 Å². The van der Waals surface area contributed by atoms with Crippen LogP contribution in [0.15, 0.2) is 24.3 Å². The normalized spacial score (nSPS) is 11.8. The van der Waals surface area contributed by atoms with Gasteiger partial charge in [0.05, 0.1) is 0 Å². The molecule has 0 saturated carbocycles. The molecule has 0 radical (unpaired) electrons. The molecule has 16 heavy (non-hydrogen) atoms. The van der Waals surface area contributed by atoms with Crippen LogP contribution in [0.3, 0.4) is 0 Å². The fourth-order valence-electron chi connectivity index (χ4n) is 1.43. The van der Waals surface area contributed by atoms with E-state index >= 15 is 0 Å². The summed E-state index contributed by atoms with van der Waals surface area (Å²) in [6.45, 7) is 1.99.